The highest BCUT2D eigenvalue weighted by molar-refractivity contribution is 7.07. The number of hydrogen-bond donors (Lipinski definition) is 0. The van der Waals surface area contributed by atoms with E-state index in [4.69, 9.17) is 0 Å². The fourth-order valence-corrected chi connectivity index (χ4v) is 4.13. The predicted octanol–water partition coefficient (Wildman–Crippen LogP) is 2.11. The van der Waals surface area contributed by atoms with Crippen LogP contribution in [0.3, 0.4) is 0 Å². The Kier molecular flexibility index (Phi) is 4.89. The lowest BCUT2D eigenvalue weighted by molar-refractivity contribution is 0.0702. The standard InChI is InChI=1S/C19H21N5O2S/c1-22-9-15(4-5-17(22)25)19(26)24-7-2-3-14(10-24)18-20-6-8-23(18)11-16-12-27-13-21-16/h4-6,8-9,12-14H,2-3,7,10-11H2,1H3/t14-/m0/s1. The number of carbonyl (C=O) groups is 1. The molecule has 0 saturated carbocycles. The maximum atomic E-state index is 12.9. The van der Waals surface area contributed by atoms with E-state index in [0.717, 1.165) is 30.9 Å². The number of piperidine rings is 1. The molecule has 1 atom stereocenters. The topological polar surface area (TPSA) is 73.0 Å². The molecule has 4 rings (SSSR count). The van der Waals surface area contributed by atoms with E-state index in [2.05, 4.69) is 14.5 Å². The molecule has 140 valence electrons. The molecule has 7 nitrogen and oxygen atoms in total. The minimum Gasteiger partial charge on any atom is -0.338 e. The Bertz CT molecular complexity index is 992. The molecule has 1 amide bonds. The fraction of sp³-hybridized carbons (Fsp3) is 0.368. The van der Waals surface area contributed by atoms with Crippen LogP contribution in [0.15, 0.2) is 46.4 Å². The third-order valence-electron chi connectivity index (χ3n) is 4.97. The van der Waals surface area contributed by atoms with Crippen molar-refractivity contribution in [2.24, 2.45) is 7.05 Å². The van der Waals surface area contributed by atoms with Gasteiger partial charge in [0, 0.05) is 56.1 Å². The second-order valence-corrected chi connectivity index (χ2v) is 7.57. The molecule has 0 aliphatic carbocycles. The van der Waals surface area contributed by atoms with Crippen LogP contribution in [0.1, 0.15) is 40.6 Å². The lowest BCUT2D eigenvalue weighted by atomic mass is 9.96. The highest BCUT2D eigenvalue weighted by atomic mass is 32.1. The first-order chi connectivity index (χ1) is 13.1. The monoisotopic (exact) mass is 383 g/mol. The number of amides is 1. The molecule has 1 fully saturated rings. The van der Waals surface area contributed by atoms with Gasteiger partial charge in [-0.1, -0.05) is 0 Å². The average Bonchev–Trinajstić information content (AvgIpc) is 3.36. The first-order valence-electron chi connectivity index (χ1n) is 8.96. The summed E-state index contributed by atoms with van der Waals surface area (Å²) >= 11 is 1.58. The molecule has 4 heterocycles. The van der Waals surface area contributed by atoms with Crippen LogP contribution in [-0.4, -0.2) is 43.0 Å². The number of imidazole rings is 1. The second-order valence-electron chi connectivity index (χ2n) is 6.85. The van der Waals surface area contributed by atoms with Crippen molar-refractivity contribution in [2.75, 3.05) is 13.1 Å². The van der Waals surface area contributed by atoms with Crippen molar-refractivity contribution in [3.8, 4) is 0 Å². The lowest BCUT2D eigenvalue weighted by Gasteiger charge is -2.32. The van der Waals surface area contributed by atoms with Gasteiger partial charge in [0.2, 0.25) is 5.56 Å². The van der Waals surface area contributed by atoms with E-state index in [1.165, 1.54) is 10.6 Å². The van der Waals surface area contributed by atoms with Crippen LogP contribution in [0.5, 0.6) is 0 Å². The molecule has 0 aromatic carbocycles. The SMILES string of the molecule is Cn1cc(C(=O)N2CCC[C@H](c3nccn3Cc3cscn3)C2)ccc1=O. The summed E-state index contributed by atoms with van der Waals surface area (Å²) in [6.45, 7) is 2.06. The minimum absolute atomic E-state index is 0.0343. The van der Waals surface area contributed by atoms with Crippen molar-refractivity contribution in [1.29, 1.82) is 0 Å². The second kappa shape index (κ2) is 7.48. The zero-order chi connectivity index (χ0) is 18.8. The number of aromatic nitrogens is 4. The van der Waals surface area contributed by atoms with E-state index in [0.29, 0.717) is 18.7 Å². The van der Waals surface area contributed by atoms with Crippen LogP contribution in [0.4, 0.5) is 0 Å². The molecule has 1 aliphatic heterocycles. The zero-order valence-corrected chi connectivity index (χ0v) is 15.9. The lowest BCUT2D eigenvalue weighted by Crippen LogP contribution is -2.40. The molecular weight excluding hydrogens is 362 g/mol. The Balaban J connectivity index is 1.51. The van der Waals surface area contributed by atoms with Crippen LogP contribution >= 0.6 is 11.3 Å². The molecule has 3 aromatic rings. The highest BCUT2D eigenvalue weighted by Gasteiger charge is 2.28. The van der Waals surface area contributed by atoms with Crippen LogP contribution in [0.25, 0.3) is 0 Å². The molecule has 3 aromatic heterocycles. The van der Waals surface area contributed by atoms with Crippen molar-refractivity contribution in [3.63, 3.8) is 0 Å². The molecule has 0 bridgehead atoms. The van der Waals surface area contributed by atoms with Crippen molar-refractivity contribution in [2.45, 2.75) is 25.3 Å². The fourth-order valence-electron chi connectivity index (χ4n) is 3.58. The Morgan fingerprint density at radius 1 is 1.33 bits per heavy atom. The largest absolute Gasteiger partial charge is 0.338 e. The Labute approximate surface area is 160 Å². The van der Waals surface area contributed by atoms with E-state index in [-0.39, 0.29) is 17.4 Å². The number of likely N-dealkylation sites (tertiary alicyclic amines) is 1. The van der Waals surface area contributed by atoms with Gasteiger partial charge >= 0.3 is 0 Å². The molecule has 0 radical (unpaired) electrons. The summed E-state index contributed by atoms with van der Waals surface area (Å²) in [6.07, 6.45) is 7.34. The van der Waals surface area contributed by atoms with Gasteiger partial charge in [-0.2, -0.15) is 0 Å². The first kappa shape index (κ1) is 17.7. The third kappa shape index (κ3) is 3.71. The number of thiazole rings is 1. The van der Waals surface area contributed by atoms with Gasteiger partial charge in [0.25, 0.3) is 5.91 Å². The van der Waals surface area contributed by atoms with Crippen LogP contribution in [0, 0.1) is 0 Å². The summed E-state index contributed by atoms with van der Waals surface area (Å²) in [7, 11) is 1.66. The van der Waals surface area contributed by atoms with Gasteiger partial charge in [-0.25, -0.2) is 9.97 Å². The number of aryl methyl sites for hydroxylation is 1. The van der Waals surface area contributed by atoms with Crippen molar-refractivity contribution < 1.29 is 4.79 Å². The van der Waals surface area contributed by atoms with E-state index in [1.54, 1.807) is 30.6 Å². The quantitative estimate of drug-likeness (QED) is 0.692. The molecule has 0 spiro atoms. The number of carbonyl (C=O) groups excluding carboxylic acids is 1. The van der Waals surface area contributed by atoms with Crippen molar-refractivity contribution >= 4 is 17.2 Å². The molecule has 0 unspecified atom stereocenters. The molecule has 1 aliphatic rings. The van der Waals surface area contributed by atoms with E-state index < -0.39 is 0 Å². The Hall–Kier alpha value is -2.74. The van der Waals surface area contributed by atoms with Crippen LogP contribution in [-0.2, 0) is 13.6 Å². The van der Waals surface area contributed by atoms with Crippen LogP contribution < -0.4 is 5.56 Å². The number of nitrogens with zero attached hydrogens (tertiary/aromatic N) is 5. The summed E-state index contributed by atoms with van der Waals surface area (Å²) in [4.78, 5) is 35.3. The predicted molar refractivity (Wildman–Crippen MR) is 103 cm³/mol. The normalized spacial score (nSPS) is 17.2. The van der Waals surface area contributed by atoms with E-state index >= 15 is 0 Å². The summed E-state index contributed by atoms with van der Waals surface area (Å²) in [5.41, 5.74) is 3.28. The smallest absolute Gasteiger partial charge is 0.255 e. The maximum Gasteiger partial charge on any atom is 0.255 e. The van der Waals surface area contributed by atoms with Gasteiger partial charge in [-0.15, -0.1) is 11.3 Å². The Morgan fingerprint density at radius 2 is 2.22 bits per heavy atom. The van der Waals surface area contributed by atoms with E-state index in [1.807, 2.05) is 28.2 Å². The van der Waals surface area contributed by atoms with Gasteiger partial charge < -0.3 is 14.0 Å². The molecule has 8 heteroatoms. The van der Waals surface area contributed by atoms with Gasteiger partial charge in [-0.05, 0) is 18.9 Å². The zero-order valence-electron chi connectivity index (χ0n) is 15.1. The van der Waals surface area contributed by atoms with Crippen molar-refractivity contribution in [1.82, 2.24) is 24.0 Å². The van der Waals surface area contributed by atoms with Gasteiger partial charge in [0.05, 0.1) is 23.3 Å². The van der Waals surface area contributed by atoms with E-state index in [9.17, 15) is 9.59 Å². The molecule has 0 N–H and O–H groups in total. The average molecular weight is 383 g/mol. The van der Waals surface area contributed by atoms with Gasteiger partial charge in [0.15, 0.2) is 0 Å². The molecule has 1 saturated heterocycles. The minimum atomic E-state index is -0.118. The number of pyridine rings is 1. The Morgan fingerprint density at radius 3 is 3.00 bits per heavy atom. The highest BCUT2D eigenvalue weighted by Crippen LogP contribution is 2.27. The number of hydrogen-bond acceptors (Lipinski definition) is 5. The third-order valence-corrected chi connectivity index (χ3v) is 5.61. The summed E-state index contributed by atoms with van der Waals surface area (Å²) in [5, 5.41) is 2.04. The summed E-state index contributed by atoms with van der Waals surface area (Å²) in [5.74, 6) is 1.16. The molecule has 27 heavy (non-hydrogen) atoms. The molecular formula is C19H21N5O2S. The van der Waals surface area contributed by atoms with Crippen LogP contribution in [0.2, 0.25) is 0 Å². The summed E-state index contributed by atoms with van der Waals surface area (Å²) < 4.78 is 3.56. The van der Waals surface area contributed by atoms with Gasteiger partial charge in [-0.3, -0.25) is 9.59 Å². The van der Waals surface area contributed by atoms with Gasteiger partial charge in [0.1, 0.15) is 5.82 Å². The first-order valence-corrected chi connectivity index (χ1v) is 9.90. The number of rotatable bonds is 4. The summed E-state index contributed by atoms with van der Waals surface area (Å²) in [6, 6.07) is 3.05. The van der Waals surface area contributed by atoms with Crippen molar-refractivity contribution in [3.05, 3.63) is 69.0 Å². The maximum absolute atomic E-state index is 12.9.